The molecule has 0 bridgehead atoms. The highest BCUT2D eigenvalue weighted by atomic mass is 16.5. The Morgan fingerprint density at radius 1 is 1.33 bits per heavy atom. The number of morpholine rings is 1. The van der Waals surface area contributed by atoms with Gasteiger partial charge in [0, 0.05) is 19.6 Å². The van der Waals surface area contributed by atoms with E-state index in [-0.39, 0.29) is 18.0 Å². The molecule has 2 heterocycles. The van der Waals surface area contributed by atoms with Crippen LogP contribution in [0.4, 0.5) is 0 Å². The van der Waals surface area contributed by atoms with Crippen LogP contribution in [-0.2, 0) is 15.9 Å². The summed E-state index contributed by atoms with van der Waals surface area (Å²) in [6.45, 7) is 3.59. The van der Waals surface area contributed by atoms with Crippen LogP contribution in [0.1, 0.15) is 17.2 Å². The second kappa shape index (κ2) is 6.43. The van der Waals surface area contributed by atoms with Gasteiger partial charge in [0.05, 0.1) is 19.3 Å². The van der Waals surface area contributed by atoms with Gasteiger partial charge in [0.25, 0.3) is 0 Å². The SMILES string of the molecule is NC(=NO)C1CN(CC2OCCc3ccccc32)CCO1. The zero-order chi connectivity index (χ0) is 14.7. The van der Waals surface area contributed by atoms with Crippen molar-refractivity contribution in [2.45, 2.75) is 18.6 Å². The highest BCUT2D eigenvalue weighted by Crippen LogP contribution is 2.28. The first kappa shape index (κ1) is 14.3. The van der Waals surface area contributed by atoms with E-state index in [1.54, 1.807) is 0 Å². The first-order valence-electron chi connectivity index (χ1n) is 7.28. The molecular weight excluding hydrogens is 270 g/mol. The van der Waals surface area contributed by atoms with Gasteiger partial charge >= 0.3 is 0 Å². The van der Waals surface area contributed by atoms with E-state index in [0.717, 1.165) is 26.1 Å². The van der Waals surface area contributed by atoms with Crippen LogP contribution in [0.3, 0.4) is 0 Å². The highest BCUT2D eigenvalue weighted by Gasteiger charge is 2.28. The van der Waals surface area contributed by atoms with Gasteiger partial charge in [0.1, 0.15) is 6.10 Å². The Hall–Kier alpha value is -1.63. The van der Waals surface area contributed by atoms with E-state index < -0.39 is 0 Å². The van der Waals surface area contributed by atoms with Gasteiger partial charge in [-0.15, -0.1) is 0 Å². The molecule has 1 fully saturated rings. The molecule has 0 aromatic heterocycles. The third-order valence-electron chi connectivity index (χ3n) is 4.11. The Kier molecular flexibility index (Phi) is 4.38. The maximum absolute atomic E-state index is 8.76. The maximum Gasteiger partial charge on any atom is 0.169 e. The third-order valence-corrected chi connectivity index (χ3v) is 4.11. The lowest BCUT2D eigenvalue weighted by Crippen LogP contribution is -2.49. The summed E-state index contributed by atoms with van der Waals surface area (Å²) in [6.07, 6.45) is 0.714. The van der Waals surface area contributed by atoms with Crippen LogP contribution in [-0.4, -0.2) is 54.9 Å². The molecule has 114 valence electrons. The normalized spacial score (nSPS) is 27.3. The topological polar surface area (TPSA) is 80.3 Å². The summed E-state index contributed by atoms with van der Waals surface area (Å²) < 4.78 is 11.5. The molecule has 6 nitrogen and oxygen atoms in total. The lowest BCUT2D eigenvalue weighted by Gasteiger charge is -2.36. The Morgan fingerprint density at radius 3 is 3.05 bits per heavy atom. The number of hydrogen-bond donors (Lipinski definition) is 2. The predicted molar refractivity (Wildman–Crippen MR) is 78.4 cm³/mol. The number of fused-ring (bicyclic) bond motifs is 1. The van der Waals surface area contributed by atoms with Crippen LogP contribution >= 0.6 is 0 Å². The van der Waals surface area contributed by atoms with Gasteiger partial charge in [-0.2, -0.15) is 0 Å². The number of benzene rings is 1. The highest BCUT2D eigenvalue weighted by molar-refractivity contribution is 5.84. The average molecular weight is 291 g/mol. The van der Waals surface area contributed by atoms with Crippen molar-refractivity contribution in [1.82, 2.24) is 4.90 Å². The summed E-state index contributed by atoms with van der Waals surface area (Å²) in [5.74, 6) is 0.129. The lowest BCUT2D eigenvalue weighted by molar-refractivity contribution is -0.0337. The van der Waals surface area contributed by atoms with Crippen LogP contribution in [0.5, 0.6) is 0 Å². The minimum atomic E-state index is -0.345. The number of oxime groups is 1. The molecule has 0 saturated carbocycles. The van der Waals surface area contributed by atoms with E-state index in [4.69, 9.17) is 20.4 Å². The van der Waals surface area contributed by atoms with Crippen LogP contribution in [0.25, 0.3) is 0 Å². The van der Waals surface area contributed by atoms with Gasteiger partial charge in [0.15, 0.2) is 5.84 Å². The first-order chi connectivity index (χ1) is 10.3. The lowest BCUT2D eigenvalue weighted by atomic mass is 9.97. The predicted octanol–water partition coefficient (Wildman–Crippen LogP) is 0.748. The van der Waals surface area contributed by atoms with Crippen molar-refractivity contribution in [2.24, 2.45) is 10.9 Å². The molecule has 1 saturated heterocycles. The smallest absolute Gasteiger partial charge is 0.169 e. The molecule has 2 unspecified atom stereocenters. The summed E-state index contributed by atoms with van der Waals surface area (Å²) in [5, 5.41) is 11.8. The van der Waals surface area contributed by atoms with Gasteiger partial charge in [-0.3, -0.25) is 4.90 Å². The zero-order valence-electron chi connectivity index (χ0n) is 11.9. The molecule has 3 rings (SSSR count). The number of ether oxygens (including phenoxy) is 2. The summed E-state index contributed by atoms with van der Waals surface area (Å²) in [7, 11) is 0. The molecule has 0 spiro atoms. The first-order valence-corrected chi connectivity index (χ1v) is 7.28. The average Bonchev–Trinajstić information content (AvgIpc) is 2.55. The number of nitrogens with zero attached hydrogens (tertiary/aromatic N) is 2. The van der Waals surface area contributed by atoms with Crippen molar-refractivity contribution in [3.05, 3.63) is 35.4 Å². The van der Waals surface area contributed by atoms with Crippen molar-refractivity contribution in [3.8, 4) is 0 Å². The van der Waals surface area contributed by atoms with Crippen molar-refractivity contribution < 1.29 is 14.7 Å². The standard InChI is InChI=1S/C15H21N3O3/c16-15(17-19)14-10-18(6-8-21-14)9-13-12-4-2-1-3-11(12)5-7-20-13/h1-4,13-14,19H,5-10H2,(H2,16,17). The van der Waals surface area contributed by atoms with Crippen LogP contribution < -0.4 is 5.73 Å². The van der Waals surface area contributed by atoms with Crippen molar-refractivity contribution in [1.29, 1.82) is 0 Å². The Labute approximate surface area is 124 Å². The number of hydrogen-bond acceptors (Lipinski definition) is 5. The van der Waals surface area contributed by atoms with Crippen molar-refractivity contribution in [2.75, 3.05) is 32.8 Å². The van der Waals surface area contributed by atoms with Gasteiger partial charge in [-0.1, -0.05) is 29.4 Å². The molecule has 2 aliphatic heterocycles. The quantitative estimate of drug-likeness (QED) is 0.372. The largest absolute Gasteiger partial charge is 0.409 e. The van der Waals surface area contributed by atoms with Crippen molar-refractivity contribution >= 4 is 5.84 Å². The third kappa shape index (κ3) is 3.18. The Balaban J connectivity index is 1.67. The Morgan fingerprint density at radius 2 is 2.19 bits per heavy atom. The molecule has 2 atom stereocenters. The fourth-order valence-corrected chi connectivity index (χ4v) is 2.97. The molecule has 2 aliphatic rings. The van der Waals surface area contributed by atoms with E-state index in [2.05, 4.69) is 34.3 Å². The molecule has 0 amide bonds. The van der Waals surface area contributed by atoms with E-state index in [1.165, 1.54) is 11.1 Å². The van der Waals surface area contributed by atoms with Gasteiger partial charge < -0.3 is 20.4 Å². The van der Waals surface area contributed by atoms with E-state index >= 15 is 0 Å². The summed E-state index contributed by atoms with van der Waals surface area (Å²) in [5.41, 5.74) is 8.28. The molecular formula is C15H21N3O3. The van der Waals surface area contributed by atoms with Gasteiger partial charge in [0.2, 0.25) is 0 Å². The van der Waals surface area contributed by atoms with Crippen LogP contribution in [0.2, 0.25) is 0 Å². The van der Waals surface area contributed by atoms with E-state index in [1.807, 2.05) is 0 Å². The minimum absolute atomic E-state index is 0.0842. The monoisotopic (exact) mass is 291 g/mol. The van der Waals surface area contributed by atoms with Gasteiger partial charge in [-0.25, -0.2) is 0 Å². The molecule has 0 aliphatic carbocycles. The molecule has 0 radical (unpaired) electrons. The minimum Gasteiger partial charge on any atom is -0.409 e. The van der Waals surface area contributed by atoms with E-state index in [0.29, 0.717) is 13.2 Å². The summed E-state index contributed by atoms with van der Waals surface area (Å²) in [6, 6.07) is 8.44. The van der Waals surface area contributed by atoms with Crippen LogP contribution in [0, 0.1) is 0 Å². The fraction of sp³-hybridized carbons (Fsp3) is 0.533. The second-order valence-electron chi connectivity index (χ2n) is 5.45. The molecule has 6 heteroatoms. The van der Waals surface area contributed by atoms with E-state index in [9.17, 15) is 0 Å². The number of nitrogens with two attached hydrogens (primary N) is 1. The molecule has 1 aromatic rings. The summed E-state index contributed by atoms with van der Waals surface area (Å²) >= 11 is 0. The molecule has 3 N–H and O–H groups in total. The maximum atomic E-state index is 8.76. The van der Waals surface area contributed by atoms with Crippen molar-refractivity contribution in [3.63, 3.8) is 0 Å². The fourth-order valence-electron chi connectivity index (χ4n) is 2.97. The Bertz CT molecular complexity index is 521. The number of rotatable bonds is 3. The summed E-state index contributed by atoms with van der Waals surface area (Å²) in [4.78, 5) is 2.25. The molecule has 1 aromatic carbocycles. The second-order valence-corrected chi connectivity index (χ2v) is 5.45. The zero-order valence-corrected chi connectivity index (χ0v) is 11.9. The number of amidine groups is 1. The van der Waals surface area contributed by atoms with Gasteiger partial charge in [-0.05, 0) is 17.5 Å². The molecule has 21 heavy (non-hydrogen) atoms. The van der Waals surface area contributed by atoms with Crippen LogP contribution in [0.15, 0.2) is 29.4 Å².